The molecule has 1 fully saturated rings. The summed E-state index contributed by atoms with van der Waals surface area (Å²) in [5.41, 5.74) is 0.334. The molecule has 0 bridgehead atoms. The predicted octanol–water partition coefficient (Wildman–Crippen LogP) is -0.110. The van der Waals surface area contributed by atoms with E-state index in [1.54, 1.807) is 18.3 Å². The lowest BCUT2D eigenvalue weighted by atomic mass is 10.3. The Balaban J connectivity index is 1.80. The van der Waals surface area contributed by atoms with Gasteiger partial charge < -0.3 is 9.72 Å². The van der Waals surface area contributed by atoms with Gasteiger partial charge in [-0.25, -0.2) is 0 Å². The topological polar surface area (TPSA) is 96.5 Å². The fraction of sp³-hybridized carbons (Fsp3) is 0.333. The van der Waals surface area contributed by atoms with E-state index in [-0.39, 0.29) is 18.6 Å². The van der Waals surface area contributed by atoms with Gasteiger partial charge in [-0.1, -0.05) is 0 Å². The fourth-order valence-corrected chi connectivity index (χ4v) is 1.70. The highest BCUT2D eigenvalue weighted by atomic mass is 16.5. The van der Waals surface area contributed by atoms with Crippen molar-refractivity contribution >= 4 is 23.6 Å². The summed E-state index contributed by atoms with van der Waals surface area (Å²) in [5.74, 6) is -1.93. The Morgan fingerprint density at radius 3 is 2.53 bits per heavy atom. The SMILES string of the molecule is O=C(CN1C(=O)CCC1=O)OCC(=O)c1ccc[nH]1. The predicted molar refractivity (Wildman–Crippen MR) is 62.0 cm³/mol. The number of aromatic nitrogens is 1. The molecule has 0 spiro atoms. The highest BCUT2D eigenvalue weighted by Gasteiger charge is 2.31. The maximum atomic E-state index is 11.5. The number of amides is 2. The highest BCUT2D eigenvalue weighted by Crippen LogP contribution is 2.11. The molecule has 19 heavy (non-hydrogen) atoms. The third kappa shape index (κ3) is 3.06. The molecule has 7 heteroatoms. The Hall–Kier alpha value is -2.44. The monoisotopic (exact) mass is 264 g/mol. The Morgan fingerprint density at radius 1 is 1.26 bits per heavy atom. The van der Waals surface area contributed by atoms with Crippen molar-refractivity contribution in [3.63, 3.8) is 0 Å². The van der Waals surface area contributed by atoms with E-state index in [2.05, 4.69) is 4.98 Å². The van der Waals surface area contributed by atoms with Crippen LogP contribution in [-0.4, -0.2) is 46.6 Å². The molecule has 2 amide bonds. The normalized spacial score (nSPS) is 14.8. The molecule has 1 saturated heterocycles. The van der Waals surface area contributed by atoms with Gasteiger partial charge in [-0.05, 0) is 12.1 Å². The van der Waals surface area contributed by atoms with Crippen LogP contribution in [0.25, 0.3) is 0 Å². The Morgan fingerprint density at radius 2 is 1.95 bits per heavy atom. The van der Waals surface area contributed by atoms with Crippen LogP contribution in [0.4, 0.5) is 0 Å². The minimum absolute atomic E-state index is 0.119. The van der Waals surface area contributed by atoms with Gasteiger partial charge in [-0.15, -0.1) is 0 Å². The number of ether oxygens (including phenoxy) is 1. The molecule has 0 atom stereocenters. The minimum atomic E-state index is -0.775. The molecule has 0 aliphatic carbocycles. The summed E-state index contributed by atoms with van der Waals surface area (Å²) in [6.07, 6.45) is 1.82. The van der Waals surface area contributed by atoms with Gasteiger partial charge in [0.25, 0.3) is 0 Å². The molecule has 0 unspecified atom stereocenters. The first-order valence-electron chi connectivity index (χ1n) is 5.73. The number of nitrogens with zero attached hydrogens (tertiary/aromatic N) is 1. The van der Waals surface area contributed by atoms with E-state index >= 15 is 0 Å². The van der Waals surface area contributed by atoms with Gasteiger partial charge in [0.15, 0.2) is 6.61 Å². The second-order valence-corrected chi connectivity index (χ2v) is 4.04. The molecule has 1 N–H and O–H groups in total. The molecule has 1 aliphatic rings. The zero-order valence-electron chi connectivity index (χ0n) is 10.0. The van der Waals surface area contributed by atoms with Crippen LogP contribution in [-0.2, 0) is 19.1 Å². The summed E-state index contributed by atoms with van der Waals surface area (Å²) >= 11 is 0. The van der Waals surface area contributed by atoms with Crippen molar-refractivity contribution in [1.29, 1.82) is 0 Å². The van der Waals surface area contributed by atoms with Crippen LogP contribution in [0.2, 0.25) is 0 Å². The van der Waals surface area contributed by atoms with Gasteiger partial charge in [0.1, 0.15) is 6.54 Å². The first-order valence-corrected chi connectivity index (χ1v) is 5.73. The molecule has 2 heterocycles. The van der Waals surface area contributed by atoms with Gasteiger partial charge >= 0.3 is 5.97 Å². The molecule has 7 nitrogen and oxygen atoms in total. The lowest BCUT2D eigenvalue weighted by Crippen LogP contribution is -2.35. The van der Waals surface area contributed by atoms with Crippen molar-refractivity contribution in [1.82, 2.24) is 9.88 Å². The van der Waals surface area contributed by atoms with Crippen LogP contribution in [0.3, 0.4) is 0 Å². The summed E-state index contributed by atoms with van der Waals surface area (Å²) < 4.78 is 4.73. The average Bonchev–Trinajstić information content (AvgIpc) is 3.01. The number of nitrogens with one attached hydrogen (secondary N) is 1. The third-order valence-electron chi connectivity index (χ3n) is 2.70. The van der Waals surface area contributed by atoms with Crippen molar-refractivity contribution in [2.24, 2.45) is 0 Å². The van der Waals surface area contributed by atoms with Crippen LogP contribution in [0, 0.1) is 0 Å². The zero-order valence-corrected chi connectivity index (χ0v) is 10.0. The van der Waals surface area contributed by atoms with Crippen molar-refractivity contribution < 1.29 is 23.9 Å². The highest BCUT2D eigenvalue weighted by molar-refractivity contribution is 6.04. The van der Waals surface area contributed by atoms with E-state index in [1.165, 1.54) is 0 Å². The number of esters is 1. The summed E-state index contributed by atoms with van der Waals surface area (Å²) in [6.45, 7) is -0.856. The van der Waals surface area contributed by atoms with E-state index in [4.69, 9.17) is 4.74 Å². The number of imide groups is 1. The van der Waals surface area contributed by atoms with Crippen molar-refractivity contribution in [3.8, 4) is 0 Å². The van der Waals surface area contributed by atoms with E-state index < -0.39 is 30.9 Å². The minimum Gasteiger partial charge on any atom is -0.456 e. The standard InChI is InChI=1S/C12H12N2O5/c15-9(8-2-1-5-13-8)7-19-12(18)6-14-10(16)3-4-11(14)17/h1-2,5,13H,3-4,6-7H2. The van der Waals surface area contributed by atoms with Crippen LogP contribution in [0.5, 0.6) is 0 Å². The molecule has 0 aromatic carbocycles. The van der Waals surface area contributed by atoms with Crippen LogP contribution >= 0.6 is 0 Å². The Kier molecular flexibility index (Phi) is 3.74. The fourth-order valence-electron chi connectivity index (χ4n) is 1.70. The first kappa shape index (κ1) is 13.0. The zero-order chi connectivity index (χ0) is 13.8. The smallest absolute Gasteiger partial charge is 0.326 e. The molecule has 1 aliphatic heterocycles. The largest absolute Gasteiger partial charge is 0.456 e. The van der Waals surface area contributed by atoms with E-state index in [9.17, 15) is 19.2 Å². The second-order valence-electron chi connectivity index (χ2n) is 4.04. The maximum absolute atomic E-state index is 11.5. The summed E-state index contributed by atoms with van der Waals surface area (Å²) in [4.78, 5) is 49.0. The third-order valence-corrected chi connectivity index (χ3v) is 2.70. The number of hydrogen-bond donors (Lipinski definition) is 1. The lowest BCUT2D eigenvalue weighted by molar-refractivity contribution is -0.151. The van der Waals surface area contributed by atoms with Crippen LogP contribution in [0.15, 0.2) is 18.3 Å². The van der Waals surface area contributed by atoms with Gasteiger partial charge in [0, 0.05) is 19.0 Å². The Labute approximate surface area is 108 Å². The van der Waals surface area contributed by atoms with Gasteiger partial charge in [0.2, 0.25) is 17.6 Å². The van der Waals surface area contributed by atoms with E-state index in [0.717, 1.165) is 4.90 Å². The number of aromatic amines is 1. The van der Waals surface area contributed by atoms with E-state index in [1.807, 2.05) is 0 Å². The molecule has 2 rings (SSSR count). The van der Waals surface area contributed by atoms with Gasteiger partial charge in [0.05, 0.1) is 5.69 Å². The van der Waals surface area contributed by atoms with Gasteiger partial charge in [-0.2, -0.15) is 0 Å². The number of rotatable bonds is 5. The summed E-state index contributed by atoms with van der Waals surface area (Å²) in [6, 6.07) is 3.21. The number of carbonyl (C=O) groups excluding carboxylic acids is 4. The molecular weight excluding hydrogens is 252 g/mol. The van der Waals surface area contributed by atoms with Crippen LogP contribution in [0.1, 0.15) is 23.3 Å². The van der Waals surface area contributed by atoms with Gasteiger partial charge in [-0.3, -0.25) is 24.1 Å². The van der Waals surface area contributed by atoms with Crippen molar-refractivity contribution in [2.45, 2.75) is 12.8 Å². The molecule has 1 aromatic rings. The molecule has 100 valence electrons. The number of ketones is 1. The number of hydrogen-bond acceptors (Lipinski definition) is 5. The quantitative estimate of drug-likeness (QED) is 0.454. The second kappa shape index (κ2) is 5.47. The van der Waals surface area contributed by atoms with Crippen molar-refractivity contribution in [2.75, 3.05) is 13.2 Å². The first-order chi connectivity index (χ1) is 9.08. The maximum Gasteiger partial charge on any atom is 0.326 e. The Bertz CT molecular complexity index is 504. The summed E-state index contributed by atoms with van der Waals surface area (Å²) in [5, 5.41) is 0. The van der Waals surface area contributed by atoms with E-state index in [0.29, 0.717) is 5.69 Å². The average molecular weight is 264 g/mol. The number of carbonyl (C=O) groups is 4. The number of likely N-dealkylation sites (tertiary alicyclic amines) is 1. The molecule has 1 aromatic heterocycles. The molecular formula is C12H12N2O5. The molecule has 0 radical (unpaired) electrons. The molecule has 0 saturated carbocycles. The van der Waals surface area contributed by atoms with Crippen molar-refractivity contribution in [3.05, 3.63) is 24.0 Å². The lowest BCUT2D eigenvalue weighted by Gasteiger charge is -2.12. The number of Topliss-reactive ketones (excluding diaryl/α,β-unsaturated/α-hetero) is 1. The number of H-pyrrole nitrogens is 1. The summed E-state index contributed by atoms with van der Waals surface area (Å²) in [7, 11) is 0. The van der Waals surface area contributed by atoms with Crippen LogP contribution < -0.4 is 0 Å².